The molecule has 3 rings (SSSR count). The molecule has 8 nitrogen and oxygen atoms in total. The number of amides is 2. The quantitative estimate of drug-likeness (QED) is 0.413. The molecule has 0 aromatic heterocycles. The number of aliphatic carboxylic acids is 1. The fourth-order valence-electron chi connectivity index (χ4n) is 3.45. The van der Waals surface area contributed by atoms with Crippen molar-refractivity contribution in [2.75, 3.05) is 0 Å². The third-order valence-electron chi connectivity index (χ3n) is 4.86. The molecule has 146 valence electrons. The number of aromatic hydroxyl groups is 1. The van der Waals surface area contributed by atoms with Crippen LogP contribution in [0, 0.1) is 0 Å². The third-order valence-corrected chi connectivity index (χ3v) is 6.72. The van der Waals surface area contributed by atoms with Crippen LogP contribution in [0.5, 0.6) is 5.75 Å². The lowest BCUT2D eigenvalue weighted by Crippen LogP contribution is -2.71. The Morgan fingerprint density at radius 3 is 2.70 bits per heavy atom. The van der Waals surface area contributed by atoms with Crippen molar-refractivity contribution in [3.05, 3.63) is 29.3 Å². The smallest absolute Gasteiger partial charge is 0.327 e. The van der Waals surface area contributed by atoms with Crippen LogP contribution in [0.2, 0.25) is 0 Å². The number of phenols is 1. The van der Waals surface area contributed by atoms with Crippen molar-refractivity contribution in [1.29, 1.82) is 0 Å². The Kier molecular flexibility index (Phi) is 5.04. The summed E-state index contributed by atoms with van der Waals surface area (Å²) >= 11 is 7.09. The van der Waals surface area contributed by atoms with E-state index in [0.717, 1.165) is 0 Å². The van der Waals surface area contributed by atoms with E-state index in [4.69, 9.17) is 17.3 Å². The number of carboxylic acid groups (broad SMARTS) is 1. The van der Waals surface area contributed by atoms with Gasteiger partial charge in [0.15, 0.2) is 0 Å². The first kappa shape index (κ1) is 19.8. The Morgan fingerprint density at radius 1 is 1.44 bits per heavy atom. The number of thioether (sulfide) groups is 1. The number of fused-ring (bicyclic) bond motifs is 1. The summed E-state index contributed by atoms with van der Waals surface area (Å²) < 4.78 is -0.667. The van der Waals surface area contributed by atoms with Crippen LogP contribution in [-0.2, 0) is 20.3 Å². The van der Waals surface area contributed by atoms with E-state index in [1.807, 2.05) is 0 Å². The lowest BCUT2D eigenvalue weighted by molar-refractivity contribution is -0.161. The highest BCUT2D eigenvalue weighted by molar-refractivity contribution is 8.01. The number of nitrogens with two attached hydrogens (primary N) is 1. The molecule has 2 saturated heterocycles. The zero-order valence-corrected chi connectivity index (χ0v) is 16.3. The van der Waals surface area contributed by atoms with E-state index < -0.39 is 46.0 Å². The second-order valence-electron chi connectivity index (χ2n) is 7.08. The van der Waals surface area contributed by atoms with Gasteiger partial charge in [-0.3, -0.25) is 9.59 Å². The number of hydrogen-bond acceptors (Lipinski definition) is 6. The molecule has 2 fully saturated rings. The highest BCUT2D eigenvalue weighted by Crippen LogP contribution is 2.50. The van der Waals surface area contributed by atoms with Crippen molar-refractivity contribution in [2.45, 2.75) is 48.0 Å². The van der Waals surface area contributed by atoms with Crippen molar-refractivity contribution in [3.8, 4) is 5.75 Å². The number of rotatable bonds is 5. The summed E-state index contributed by atoms with van der Waals surface area (Å²) in [7, 11) is 0. The Morgan fingerprint density at radius 2 is 2.11 bits per heavy atom. The summed E-state index contributed by atoms with van der Waals surface area (Å²) in [4.78, 5) is 37.8. The van der Waals surface area contributed by atoms with Gasteiger partial charge in [-0.2, -0.15) is 0 Å². The number of carbonyl (C=O) groups excluding carboxylic acids is 2. The molecule has 27 heavy (non-hydrogen) atoms. The maximum atomic E-state index is 12.5. The Hall–Kier alpha value is -1.97. The number of carbonyl (C=O) groups is 3. The van der Waals surface area contributed by atoms with Crippen LogP contribution in [0.4, 0.5) is 0 Å². The molecule has 2 amide bonds. The lowest BCUT2D eigenvalue weighted by Gasteiger charge is -2.43. The molecule has 4 unspecified atom stereocenters. The SMILES string of the molecule is CC1(C)SC2C(NC(=O)C(N)c3ccc(O)c(CCl)c3)C(=O)N2C1C(=O)O. The average Bonchev–Trinajstić information content (AvgIpc) is 2.87. The van der Waals surface area contributed by atoms with Gasteiger partial charge in [-0.25, -0.2) is 4.79 Å². The zero-order valence-electron chi connectivity index (χ0n) is 14.7. The number of β-lactam (4-membered cyclic amide) rings is 1. The minimum atomic E-state index is -1.07. The van der Waals surface area contributed by atoms with Crippen LogP contribution in [0.15, 0.2) is 18.2 Å². The van der Waals surface area contributed by atoms with Crippen molar-refractivity contribution in [1.82, 2.24) is 10.2 Å². The van der Waals surface area contributed by atoms with Crippen LogP contribution in [0.1, 0.15) is 31.0 Å². The van der Waals surface area contributed by atoms with Gasteiger partial charge in [0.25, 0.3) is 0 Å². The first-order valence-corrected chi connectivity index (χ1v) is 9.66. The number of hydrogen-bond donors (Lipinski definition) is 4. The number of nitrogens with one attached hydrogen (secondary N) is 1. The molecule has 0 spiro atoms. The van der Waals surface area contributed by atoms with E-state index in [1.165, 1.54) is 34.9 Å². The molecule has 5 N–H and O–H groups in total. The molecule has 1 aromatic rings. The minimum absolute atomic E-state index is 0.00969. The van der Waals surface area contributed by atoms with Crippen molar-refractivity contribution in [2.24, 2.45) is 5.73 Å². The van der Waals surface area contributed by atoms with Gasteiger partial charge in [-0.15, -0.1) is 23.4 Å². The van der Waals surface area contributed by atoms with Gasteiger partial charge >= 0.3 is 5.97 Å². The zero-order chi connectivity index (χ0) is 20.1. The van der Waals surface area contributed by atoms with Crippen molar-refractivity contribution in [3.63, 3.8) is 0 Å². The standard InChI is InChI=1S/C17H20ClN3O5S/c1-17(2)12(16(25)26)21-14(24)11(15(21)27-17)20-13(23)10(19)7-3-4-9(22)8(5-7)6-18/h3-5,10-12,15,22H,6,19H2,1-2H3,(H,20,23)(H,25,26). The van der Waals surface area contributed by atoms with Gasteiger partial charge in [-0.05, 0) is 31.5 Å². The lowest BCUT2D eigenvalue weighted by atomic mass is 9.95. The predicted molar refractivity (Wildman–Crippen MR) is 100 cm³/mol. The van der Waals surface area contributed by atoms with Crippen LogP contribution in [-0.4, -0.2) is 55.1 Å². The average molecular weight is 414 g/mol. The molecule has 2 heterocycles. The molecule has 0 radical (unpaired) electrons. The Balaban J connectivity index is 1.72. The normalized spacial score (nSPS) is 26.9. The minimum Gasteiger partial charge on any atom is -0.508 e. The maximum Gasteiger partial charge on any atom is 0.327 e. The summed E-state index contributed by atoms with van der Waals surface area (Å²) in [5, 5.41) is 21.3. The molecule has 2 aliphatic rings. The summed E-state index contributed by atoms with van der Waals surface area (Å²) in [5.41, 5.74) is 6.88. The molecular weight excluding hydrogens is 394 g/mol. The van der Waals surface area contributed by atoms with Crippen molar-refractivity contribution >= 4 is 41.1 Å². The van der Waals surface area contributed by atoms with Crippen LogP contribution in [0.25, 0.3) is 0 Å². The molecule has 1 aromatic carbocycles. The fraction of sp³-hybridized carbons (Fsp3) is 0.471. The van der Waals surface area contributed by atoms with Crippen LogP contribution < -0.4 is 11.1 Å². The summed E-state index contributed by atoms with van der Waals surface area (Å²) in [6, 6.07) is 1.65. The number of phenolic OH excluding ortho intramolecular Hbond substituents is 1. The summed E-state index contributed by atoms with van der Waals surface area (Å²) in [6.07, 6.45) is 0. The summed E-state index contributed by atoms with van der Waals surface area (Å²) in [5.74, 6) is -1.98. The maximum absolute atomic E-state index is 12.5. The molecule has 4 atom stereocenters. The van der Waals surface area contributed by atoms with Gasteiger partial charge < -0.3 is 26.2 Å². The molecule has 10 heteroatoms. The topological polar surface area (TPSA) is 133 Å². The van der Waals surface area contributed by atoms with Gasteiger partial charge in [-0.1, -0.05) is 6.07 Å². The first-order valence-electron chi connectivity index (χ1n) is 8.25. The van der Waals surface area contributed by atoms with E-state index >= 15 is 0 Å². The Labute approximate surface area is 165 Å². The number of alkyl halides is 1. The molecule has 2 aliphatic heterocycles. The van der Waals surface area contributed by atoms with Gasteiger partial charge in [0.2, 0.25) is 11.8 Å². The molecular formula is C17H20ClN3O5S. The first-order chi connectivity index (χ1) is 12.6. The van der Waals surface area contributed by atoms with Gasteiger partial charge in [0.1, 0.15) is 29.2 Å². The molecule has 0 saturated carbocycles. The second kappa shape index (κ2) is 6.88. The molecule has 0 aliphatic carbocycles. The fourth-order valence-corrected chi connectivity index (χ4v) is 5.29. The number of benzene rings is 1. The predicted octanol–water partition coefficient (Wildman–Crippen LogP) is 0.762. The monoisotopic (exact) mass is 413 g/mol. The molecule has 0 bridgehead atoms. The van der Waals surface area contributed by atoms with Gasteiger partial charge in [0, 0.05) is 10.3 Å². The number of nitrogens with zero attached hydrogens (tertiary/aromatic N) is 1. The third kappa shape index (κ3) is 3.24. The Bertz CT molecular complexity index is 818. The van der Waals surface area contributed by atoms with Crippen LogP contribution >= 0.6 is 23.4 Å². The number of halogens is 1. The van der Waals surface area contributed by atoms with E-state index in [0.29, 0.717) is 11.1 Å². The number of carboxylic acids is 1. The van der Waals surface area contributed by atoms with Crippen LogP contribution in [0.3, 0.4) is 0 Å². The van der Waals surface area contributed by atoms with Crippen molar-refractivity contribution < 1.29 is 24.6 Å². The summed E-state index contributed by atoms with van der Waals surface area (Å²) in [6.45, 7) is 3.52. The second-order valence-corrected chi connectivity index (χ2v) is 9.12. The van der Waals surface area contributed by atoms with E-state index in [2.05, 4.69) is 5.32 Å². The van der Waals surface area contributed by atoms with E-state index in [-0.39, 0.29) is 11.6 Å². The van der Waals surface area contributed by atoms with Gasteiger partial charge in [0.05, 0.1) is 5.88 Å². The highest BCUT2D eigenvalue weighted by Gasteiger charge is 2.64. The highest BCUT2D eigenvalue weighted by atomic mass is 35.5. The van der Waals surface area contributed by atoms with E-state index in [9.17, 15) is 24.6 Å². The largest absolute Gasteiger partial charge is 0.508 e. The van der Waals surface area contributed by atoms with E-state index in [1.54, 1.807) is 13.8 Å².